The summed E-state index contributed by atoms with van der Waals surface area (Å²) in [5, 5.41) is 0. The first kappa shape index (κ1) is 20.6. The van der Waals surface area contributed by atoms with Gasteiger partial charge in [0.15, 0.2) is 0 Å². The van der Waals surface area contributed by atoms with Crippen LogP contribution in [0.3, 0.4) is 0 Å². The van der Waals surface area contributed by atoms with E-state index in [1.165, 1.54) is 36.3 Å². The predicted molar refractivity (Wildman–Crippen MR) is 104 cm³/mol. The molecule has 0 amide bonds. The first-order valence-electron chi connectivity index (χ1n) is 8.86. The Hall–Kier alpha value is -0.446. The van der Waals surface area contributed by atoms with E-state index in [1.54, 1.807) is 0 Å². The van der Waals surface area contributed by atoms with Gasteiger partial charge >= 0.3 is 0 Å². The molecule has 0 bridgehead atoms. The van der Waals surface area contributed by atoms with Crippen molar-refractivity contribution in [2.24, 2.45) is 5.41 Å². The molecule has 0 nitrogen and oxygen atoms in total. The molecule has 0 radical (unpaired) electrons. The minimum atomic E-state index is -1.34. The molecular formula is C19H36Si2. The number of hydrogen-bond donors (Lipinski definition) is 0. The smallest absolute Gasteiger partial charge is 0.130 e. The zero-order valence-corrected chi connectivity index (χ0v) is 17.7. The van der Waals surface area contributed by atoms with Crippen LogP contribution in [-0.2, 0) is 0 Å². The van der Waals surface area contributed by atoms with E-state index in [9.17, 15) is 0 Å². The van der Waals surface area contributed by atoms with Crippen LogP contribution in [0.1, 0.15) is 55.4 Å². The topological polar surface area (TPSA) is 0 Å². The zero-order valence-electron chi connectivity index (χ0n) is 15.7. The molecule has 0 aliphatic heterocycles. The Morgan fingerprint density at radius 3 is 1.00 bits per heavy atom. The van der Waals surface area contributed by atoms with Crippen molar-refractivity contribution in [1.29, 1.82) is 0 Å². The van der Waals surface area contributed by atoms with Gasteiger partial charge in [-0.25, -0.2) is 0 Å². The van der Waals surface area contributed by atoms with E-state index in [2.05, 4.69) is 78.3 Å². The van der Waals surface area contributed by atoms with Gasteiger partial charge in [0.1, 0.15) is 16.1 Å². The van der Waals surface area contributed by atoms with Gasteiger partial charge in [-0.15, -0.1) is 11.1 Å². The third-order valence-corrected chi connectivity index (χ3v) is 14.8. The summed E-state index contributed by atoms with van der Waals surface area (Å²) in [5.41, 5.74) is 7.29. The number of hydrogen-bond acceptors (Lipinski definition) is 0. The Kier molecular flexibility index (Phi) is 8.68. The van der Waals surface area contributed by atoms with E-state index in [-0.39, 0.29) is 5.41 Å². The molecular weight excluding hydrogens is 284 g/mol. The van der Waals surface area contributed by atoms with Crippen LogP contribution < -0.4 is 0 Å². The van der Waals surface area contributed by atoms with Crippen LogP contribution in [0.25, 0.3) is 0 Å². The lowest BCUT2D eigenvalue weighted by Gasteiger charge is -2.23. The summed E-state index contributed by atoms with van der Waals surface area (Å²) in [5.74, 6) is 7.12. The molecule has 0 saturated carbocycles. The van der Waals surface area contributed by atoms with E-state index in [4.69, 9.17) is 0 Å². The maximum absolute atomic E-state index is 3.71. The average Bonchev–Trinajstić information content (AvgIpc) is 2.51. The SMILES string of the molecule is CC[Si](C#CC(C)(C)C#C[Si](CC)(CC)CC)(CC)CC. The molecule has 2 heteroatoms. The van der Waals surface area contributed by atoms with Crippen molar-refractivity contribution in [2.75, 3.05) is 0 Å². The van der Waals surface area contributed by atoms with Crippen molar-refractivity contribution >= 4 is 16.1 Å². The summed E-state index contributed by atoms with van der Waals surface area (Å²) in [6, 6.07) is 7.63. The van der Waals surface area contributed by atoms with Crippen molar-refractivity contribution in [1.82, 2.24) is 0 Å². The Balaban J connectivity index is 5.37. The Bertz CT molecular complexity index is 361. The molecule has 0 unspecified atom stereocenters. The van der Waals surface area contributed by atoms with Crippen molar-refractivity contribution < 1.29 is 0 Å². The summed E-state index contributed by atoms with van der Waals surface area (Å²) >= 11 is 0. The minimum absolute atomic E-state index is 0.143. The van der Waals surface area contributed by atoms with Gasteiger partial charge in [-0.2, -0.15) is 0 Å². The van der Waals surface area contributed by atoms with E-state index < -0.39 is 16.1 Å². The lowest BCUT2D eigenvalue weighted by Crippen LogP contribution is -2.31. The summed E-state index contributed by atoms with van der Waals surface area (Å²) < 4.78 is 0. The van der Waals surface area contributed by atoms with Gasteiger partial charge in [0.25, 0.3) is 0 Å². The molecule has 0 heterocycles. The quantitative estimate of drug-likeness (QED) is 0.409. The maximum atomic E-state index is 3.71. The van der Waals surface area contributed by atoms with Crippen molar-refractivity contribution in [3.8, 4) is 22.9 Å². The molecule has 0 fully saturated rings. The molecule has 120 valence electrons. The summed E-state index contributed by atoms with van der Waals surface area (Å²) in [7, 11) is -2.69. The lowest BCUT2D eigenvalue weighted by molar-refractivity contribution is 0.686. The highest BCUT2D eigenvalue weighted by atomic mass is 28.3. The van der Waals surface area contributed by atoms with Gasteiger partial charge < -0.3 is 0 Å². The fourth-order valence-electron chi connectivity index (χ4n) is 2.64. The molecule has 21 heavy (non-hydrogen) atoms. The Morgan fingerprint density at radius 1 is 0.571 bits per heavy atom. The summed E-state index contributed by atoms with van der Waals surface area (Å²) in [4.78, 5) is 0. The standard InChI is InChI=1S/C19H36Si2/c1-9-20(10-2,11-3)17-15-19(7,8)16-18-21(12-4,13-5)14-6/h9-14H2,1-8H3. The van der Waals surface area contributed by atoms with Gasteiger partial charge in [-0.1, -0.05) is 53.4 Å². The fourth-order valence-corrected chi connectivity index (χ4v) is 7.86. The Labute approximate surface area is 136 Å². The average molecular weight is 321 g/mol. The van der Waals surface area contributed by atoms with Crippen LogP contribution in [0.4, 0.5) is 0 Å². The third-order valence-electron chi connectivity index (χ3n) is 5.34. The second-order valence-electron chi connectivity index (χ2n) is 6.81. The van der Waals surface area contributed by atoms with Crippen molar-refractivity contribution in [3.63, 3.8) is 0 Å². The molecule has 0 saturated heterocycles. The van der Waals surface area contributed by atoms with Crippen molar-refractivity contribution in [3.05, 3.63) is 0 Å². The third kappa shape index (κ3) is 6.05. The fraction of sp³-hybridized carbons (Fsp3) is 0.789. The molecule has 0 rings (SSSR count). The van der Waals surface area contributed by atoms with Gasteiger partial charge in [0.05, 0.1) is 5.41 Å². The van der Waals surface area contributed by atoms with Crippen LogP contribution in [0.15, 0.2) is 0 Å². The van der Waals surface area contributed by atoms with Crippen molar-refractivity contribution in [2.45, 2.75) is 91.7 Å². The zero-order chi connectivity index (χ0) is 16.6. The van der Waals surface area contributed by atoms with Gasteiger partial charge in [-0.05, 0) is 50.1 Å². The number of rotatable bonds is 6. The summed E-state index contributed by atoms with van der Waals surface area (Å²) in [6.07, 6.45) is 0. The highest BCUT2D eigenvalue weighted by Crippen LogP contribution is 2.23. The lowest BCUT2D eigenvalue weighted by atomic mass is 9.97. The van der Waals surface area contributed by atoms with E-state index in [0.717, 1.165) is 0 Å². The molecule has 0 aliphatic carbocycles. The minimum Gasteiger partial charge on any atom is -0.130 e. The van der Waals surface area contributed by atoms with Crippen LogP contribution in [0.2, 0.25) is 36.3 Å². The highest BCUT2D eigenvalue weighted by molar-refractivity contribution is 6.87. The largest absolute Gasteiger partial charge is 0.137 e. The van der Waals surface area contributed by atoms with Crippen LogP contribution >= 0.6 is 0 Å². The first-order chi connectivity index (χ1) is 9.78. The summed E-state index contributed by atoms with van der Waals surface area (Å²) in [6.45, 7) is 18.3. The van der Waals surface area contributed by atoms with E-state index >= 15 is 0 Å². The van der Waals surface area contributed by atoms with Gasteiger partial charge in [-0.3, -0.25) is 0 Å². The molecule has 0 spiro atoms. The van der Waals surface area contributed by atoms with Crippen LogP contribution in [0, 0.1) is 28.3 Å². The van der Waals surface area contributed by atoms with Gasteiger partial charge in [0.2, 0.25) is 0 Å². The normalized spacial score (nSPS) is 12.2. The van der Waals surface area contributed by atoms with E-state index in [0.29, 0.717) is 0 Å². The molecule has 0 aliphatic rings. The Morgan fingerprint density at radius 2 is 0.810 bits per heavy atom. The highest BCUT2D eigenvalue weighted by Gasteiger charge is 2.27. The first-order valence-corrected chi connectivity index (χ1v) is 14.1. The molecule has 0 atom stereocenters. The monoisotopic (exact) mass is 320 g/mol. The van der Waals surface area contributed by atoms with Crippen LogP contribution in [-0.4, -0.2) is 16.1 Å². The second-order valence-corrected chi connectivity index (χ2v) is 16.7. The molecule has 0 aromatic heterocycles. The maximum Gasteiger partial charge on any atom is 0.137 e. The molecule has 0 aromatic carbocycles. The molecule has 0 aromatic rings. The molecule has 0 N–H and O–H groups in total. The van der Waals surface area contributed by atoms with E-state index in [1.807, 2.05) is 0 Å². The van der Waals surface area contributed by atoms with Crippen LogP contribution in [0.5, 0.6) is 0 Å². The predicted octanol–water partition coefficient (Wildman–Crippen LogP) is 6.11. The van der Waals surface area contributed by atoms with Gasteiger partial charge in [0, 0.05) is 0 Å². The second kappa shape index (κ2) is 8.87.